The van der Waals surface area contributed by atoms with E-state index in [0.29, 0.717) is 11.4 Å². The molecule has 2 rings (SSSR count). The zero-order chi connectivity index (χ0) is 15.2. The summed E-state index contributed by atoms with van der Waals surface area (Å²) in [5.74, 6) is -0.537. The van der Waals surface area contributed by atoms with Gasteiger partial charge in [0.25, 0.3) is 0 Å². The Balaban J connectivity index is 1.96. The van der Waals surface area contributed by atoms with Gasteiger partial charge in [-0.15, -0.1) is 0 Å². The number of halogens is 1. The van der Waals surface area contributed by atoms with Crippen molar-refractivity contribution in [3.8, 4) is 0 Å². The van der Waals surface area contributed by atoms with Gasteiger partial charge in [0.1, 0.15) is 5.82 Å². The standard InChI is InChI=1S/C13H12FN3O3S/c14-11-3-1-2-4-12(11)16-13(18)15-9-5-7-10(8-6-9)17-21(19)20/h1-8,17H,(H,19,20)(H2,15,16,18)/p-1. The predicted molar refractivity (Wildman–Crippen MR) is 78.0 cm³/mol. The molecule has 0 radical (unpaired) electrons. The second-order valence-corrected chi connectivity index (χ2v) is 4.65. The Morgan fingerprint density at radius 2 is 1.62 bits per heavy atom. The minimum atomic E-state index is -2.40. The maximum Gasteiger partial charge on any atom is 0.323 e. The van der Waals surface area contributed by atoms with Crippen molar-refractivity contribution in [2.75, 3.05) is 15.4 Å². The van der Waals surface area contributed by atoms with E-state index in [9.17, 15) is 17.9 Å². The summed E-state index contributed by atoms with van der Waals surface area (Å²) in [4.78, 5) is 11.7. The number of urea groups is 1. The number of rotatable bonds is 4. The summed E-state index contributed by atoms with van der Waals surface area (Å²) >= 11 is -2.40. The first-order valence-corrected chi connectivity index (χ1v) is 6.90. The fourth-order valence-corrected chi connectivity index (χ4v) is 1.89. The van der Waals surface area contributed by atoms with Crippen molar-refractivity contribution in [1.29, 1.82) is 0 Å². The fraction of sp³-hybridized carbons (Fsp3) is 0. The summed E-state index contributed by atoms with van der Waals surface area (Å²) in [7, 11) is 0. The van der Waals surface area contributed by atoms with Crippen LogP contribution in [0.15, 0.2) is 48.5 Å². The van der Waals surface area contributed by atoms with Gasteiger partial charge in [-0.3, -0.25) is 4.21 Å². The van der Waals surface area contributed by atoms with Crippen LogP contribution >= 0.6 is 0 Å². The molecule has 1 atom stereocenters. The number of carbonyl (C=O) groups excluding carboxylic acids is 1. The Hall–Kier alpha value is -2.45. The molecule has 0 aliphatic carbocycles. The summed E-state index contributed by atoms with van der Waals surface area (Å²) in [5, 5.41) is 4.87. The minimum Gasteiger partial charge on any atom is -0.755 e. The van der Waals surface area contributed by atoms with Gasteiger partial charge in [-0.2, -0.15) is 0 Å². The van der Waals surface area contributed by atoms with Crippen LogP contribution in [-0.2, 0) is 11.3 Å². The molecular weight excluding hydrogens is 297 g/mol. The van der Waals surface area contributed by atoms with Crippen molar-refractivity contribution in [3.63, 3.8) is 0 Å². The lowest BCUT2D eigenvalue weighted by Crippen LogP contribution is -2.20. The Morgan fingerprint density at radius 3 is 2.24 bits per heavy atom. The maximum atomic E-state index is 13.4. The number of benzene rings is 2. The van der Waals surface area contributed by atoms with E-state index < -0.39 is 23.1 Å². The Labute approximate surface area is 122 Å². The minimum absolute atomic E-state index is 0.0649. The fourth-order valence-electron chi connectivity index (χ4n) is 1.57. The third-order valence-corrected chi connectivity index (χ3v) is 2.87. The summed E-state index contributed by atoms with van der Waals surface area (Å²) in [6.07, 6.45) is 0. The van der Waals surface area contributed by atoms with E-state index >= 15 is 0 Å². The van der Waals surface area contributed by atoms with Gasteiger partial charge >= 0.3 is 6.03 Å². The highest BCUT2D eigenvalue weighted by Crippen LogP contribution is 2.16. The molecule has 0 aliphatic heterocycles. The average molecular weight is 308 g/mol. The van der Waals surface area contributed by atoms with E-state index in [2.05, 4.69) is 15.4 Å². The summed E-state index contributed by atoms with van der Waals surface area (Å²) in [5.41, 5.74) is 0.865. The molecule has 2 aromatic rings. The zero-order valence-corrected chi connectivity index (χ0v) is 11.4. The van der Waals surface area contributed by atoms with Crippen LogP contribution in [0.4, 0.5) is 26.2 Å². The Morgan fingerprint density at radius 1 is 1.00 bits per heavy atom. The molecule has 2 aromatic carbocycles. The average Bonchev–Trinajstić information content (AvgIpc) is 2.43. The molecule has 21 heavy (non-hydrogen) atoms. The number of amides is 2. The molecule has 0 aromatic heterocycles. The summed E-state index contributed by atoms with van der Waals surface area (Å²) < 4.78 is 36.4. The number of hydrogen-bond donors (Lipinski definition) is 3. The molecule has 6 nitrogen and oxygen atoms in total. The first kappa shape index (κ1) is 14.9. The van der Waals surface area contributed by atoms with Gasteiger partial charge < -0.3 is 19.9 Å². The topological polar surface area (TPSA) is 93.3 Å². The molecule has 0 heterocycles. The second-order valence-electron chi connectivity index (χ2n) is 3.97. The number of carbonyl (C=O) groups is 1. The molecule has 0 fully saturated rings. The quantitative estimate of drug-likeness (QED) is 0.758. The van der Waals surface area contributed by atoms with Crippen molar-refractivity contribution < 1.29 is 17.9 Å². The maximum absolute atomic E-state index is 13.4. The van der Waals surface area contributed by atoms with Gasteiger partial charge in [-0.25, -0.2) is 9.18 Å². The van der Waals surface area contributed by atoms with Crippen LogP contribution in [0.25, 0.3) is 0 Å². The molecule has 1 unspecified atom stereocenters. The van der Waals surface area contributed by atoms with Gasteiger partial charge in [-0.1, -0.05) is 12.1 Å². The normalized spacial score (nSPS) is 11.5. The molecule has 0 aliphatic rings. The molecule has 0 bridgehead atoms. The lowest BCUT2D eigenvalue weighted by Gasteiger charge is -2.10. The number of para-hydroxylation sites is 1. The Bertz CT molecular complexity index is 664. The molecular formula is C13H11FN3O3S-. The van der Waals surface area contributed by atoms with Crippen LogP contribution in [0, 0.1) is 5.82 Å². The number of hydrogen-bond acceptors (Lipinski definition) is 3. The van der Waals surface area contributed by atoms with E-state index in [1.54, 1.807) is 6.07 Å². The van der Waals surface area contributed by atoms with Crippen molar-refractivity contribution in [1.82, 2.24) is 0 Å². The molecule has 3 N–H and O–H groups in total. The SMILES string of the molecule is O=C(Nc1ccc(NS(=O)[O-])cc1)Nc1ccccc1F. The highest BCUT2D eigenvalue weighted by molar-refractivity contribution is 7.80. The number of anilines is 3. The van der Waals surface area contributed by atoms with Crippen molar-refractivity contribution in [2.45, 2.75) is 0 Å². The van der Waals surface area contributed by atoms with E-state index in [0.717, 1.165) is 0 Å². The molecule has 110 valence electrons. The van der Waals surface area contributed by atoms with Gasteiger partial charge in [0.15, 0.2) is 0 Å². The molecule has 0 saturated heterocycles. The van der Waals surface area contributed by atoms with Crippen molar-refractivity contribution in [3.05, 3.63) is 54.3 Å². The zero-order valence-electron chi connectivity index (χ0n) is 10.6. The highest BCUT2D eigenvalue weighted by atomic mass is 32.2. The van der Waals surface area contributed by atoms with Crippen LogP contribution in [0.2, 0.25) is 0 Å². The lowest BCUT2D eigenvalue weighted by atomic mass is 10.3. The van der Waals surface area contributed by atoms with Crippen LogP contribution in [0.5, 0.6) is 0 Å². The molecule has 8 heteroatoms. The van der Waals surface area contributed by atoms with Gasteiger partial charge in [0.05, 0.1) is 5.69 Å². The van der Waals surface area contributed by atoms with Gasteiger partial charge in [0, 0.05) is 22.6 Å². The summed E-state index contributed by atoms with van der Waals surface area (Å²) in [6, 6.07) is 11.2. The molecule has 2 amide bonds. The first-order chi connectivity index (χ1) is 10.0. The first-order valence-electron chi connectivity index (χ1n) is 5.83. The third kappa shape index (κ3) is 4.55. The monoisotopic (exact) mass is 308 g/mol. The number of nitrogens with one attached hydrogen (secondary N) is 3. The third-order valence-electron chi connectivity index (χ3n) is 2.47. The smallest absolute Gasteiger partial charge is 0.323 e. The van der Waals surface area contributed by atoms with Crippen LogP contribution in [-0.4, -0.2) is 14.8 Å². The van der Waals surface area contributed by atoms with E-state index in [4.69, 9.17) is 0 Å². The summed E-state index contributed by atoms with van der Waals surface area (Å²) in [6.45, 7) is 0. The van der Waals surface area contributed by atoms with Crippen LogP contribution < -0.4 is 15.4 Å². The van der Waals surface area contributed by atoms with Gasteiger partial charge in [-0.05, 0) is 36.4 Å². The Kier molecular flexibility index (Phi) is 4.85. The molecule has 0 spiro atoms. The van der Waals surface area contributed by atoms with Crippen LogP contribution in [0.1, 0.15) is 0 Å². The van der Waals surface area contributed by atoms with E-state index in [1.807, 2.05) is 0 Å². The largest absolute Gasteiger partial charge is 0.755 e. The highest BCUT2D eigenvalue weighted by Gasteiger charge is 2.06. The van der Waals surface area contributed by atoms with Crippen LogP contribution in [0.3, 0.4) is 0 Å². The van der Waals surface area contributed by atoms with E-state index in [1.165, 1.54) is 42.5 Å². The second kappa shape index (κ2) is 6.82. The van der Waals surface area contributed by atoms with E-state index in [-0.39, 0.29) is 5.69 Å². The molecule has 0 saturated carbocycles. The van der Waals surface area contributed by atoms with Crippen molar-refractivity contribution >= 4 is 34.4 Å². The van der Waals surface area contributed by atoms with Gasteiger partial charge in [0.2, 0.25) is 0 Å². The van der Waals surface area contributed by atoms with Crippen molar-refractivity contribution in [2.24, 2.45) is 0 Å². The predicted octanol–water partition coefficient (Wildman–Crippen LogP) is 2.68. The lowest BCUT2D eigenvalue weighted by molar-refractivity contribution is 0.262.